The summed E-state index contributed by atoms with van der Waals surface area (Å²) in [7, 11) is -3.53. The molecule has 1 heterocycles. The summed E-state index contributed by atoms with van der Waals surface area (Å²) in [5, 5.41) is 2.87. The van der Waals surface area contributed by atoms with Crippen molar-refractivity contribution < 1.29 is 13.2 Å². The van der Waals surface area contributed by atoms with Crippen LogP contribution in [0.3, 0.4) is 0 Å². The number of amides is 1. The van der Waals surface area contributed by atoms with Gasteiger partial charge in [-0.1, -0.05) is 32.9 Å². The highest BCUT2D eigenvalue weighted by Gasteiger charge is 2.32. The van der Waals surface area contributed by atoms with Gasteiger partial charge in [0, 0.05) is 31.1 Å². The van der Waals surface area contributed by atoms with Gasteiger partial charge in [-0.15, -0.1) is 0 Å². The van der Waals surface area contributed by atoms with Gasteiger partial charge in [-0.05, 0) is 49.8 Å². The van der Waals surface area contributed by atoms with Crippen molar-refractivity contribution in [3.8, 4) is 0 Å². The van der Waals surface area contributed by atoms with E-state index < -0.39 is 15.6 Å². The molecule has 0 aromatic heterocycles. The van der Waals surface area contributed by atoms with Crippen molar-refractivity contribution in [2.45, 2.75) is 63.3 Å². The lowest BCUT2D eigenvalue weighted by atomic mass is 9.87. The van der Waals surface area contributed by atoms with E-state index in [1.54, 1.807) is 12.1 Å². The second-order valence-electron chi connectivity index (χ2n) is 9.16. The third-order valence-electron chi connectivity index (χ3n) is 4.90. The smallest absolute Gasteiger partial charge is 0.243 e. The van der Waals surface area contributed by atoms with Crippen LogP contribution in [0.5, 0.6) is 0 Å². The number of nitrogens with one attached hydrogen (secondary N) is 1. The Bertz CT molecular complexity index is 751. The highest BCUT2D eigenvalue weighted by Crippen LogP contribution is 2.27. The van der Waals surface area contributed by atoms with Gasteiger partial charge in [0.25, 0.3) is 0 Å². The van der Waals surface area contributed by atoms with E-state index in [1.165, 1.54) is 4.31 Å². The van der Waals surface area contributed by atoms with Crippen LogP contribution in [0, 0.1) is 5.92 Å². The van der Waals surface area contributed by atoms with Gasteiger partial charge in [-0.3, -0.25) is 4.79 Å². The van der Waals surface area contributed by atoms with Crippen LogP contribution in [-0.4, -0.2) is 43.8 Å². The van der Waals surface area contributed by atoms with Gasteiger partial charge in [0.1, 0.15) is 0 Å². The van der Waals surface area contributed by atoms with Crippen molar-refractivity contribution in [3.63, 3.8) is 0 Å². The zero-order valence-electron chi connectivity index (χ0n) is 17.1. The molecule has 1 aromatic rings. The molecule has 152 valence electrons. The van der Waals surface area contributed by atoms with Gasteiger partial charge < -0.3 is 11.1 Å². The third kappa shape index (κ3) is 5.77. The van der Waals surface area contributed by atoms with Crippen LogP contribution >= 0.6 is 0 Å². The number of piperidine rings is 1. The lowest BCUT2D eigenvalue weighted by Crippen LogP contribution is -2.48. The highest BCUT2D eigenvalue weighted by atomic mass is 32.2. The molecule has 0 unspecified atom stereocenters. The minimum Gasteiger partial charge on any atom is -0.354 e. The Morgan fingerprint density at radius 2 is 1.63 bits per heavy atom. The summed E-state index contributed by atoms with van der Waals surface area (Å²) in [4.78, 5) is 12.6. The Morgan fingerprint density at radius 3 is 2.07 bits per heavy atom. The second kappa shape index (κ2) is 7.89. The lowest BCUT2D eigenvalue weighted by molar-refractivity contribution is -0.126. The molecule has 7 heteroatoms. The van der Waals surface area contributed by atoms with E-state index in [-0.39, 0.29) is 17.2 Å². The Balaban J connectivity index is 1.99. The molecule has 27 heavy (non-hydrogen) atoms. The summed E-state index contributed by atoms with van der Waals surface area (Å²) in [5.74, 6) is -0.206. The number of carbonyl (C=O) groups is 1. The fraction of sp³-hybridized carbons (Fsp3) is 0.650. The molecule has 0 aliphatic carbocycles. The van der Waals surface area contributed by atoms with Crippen LogP contribution in [0.2, 0.25) is 0 Å². The van der Waals surface area contributed by atoms with E-state index in [4.69, 9.17) is 5.73 Å². The first-order valence-corrected chi connectivity index (χ1v) is 10.9. The maximum absolute atomic E-state index is 12.9. The molecule has 1 fully saturated rings. The van der Waals surface area contributed by atoms with Gasteiger partial charge in [-0.2, -0.15) is 4.31 Å². The quantitative estimate of drug-likeness (QED) is 0.800. The van der Waals surface area contributed by atoms with Crippen LogP contribution in [0.25, 0.3) is 0 Å². The van der Waals surface area contributed by atoms with Gasteiger partial charge in [-0.25, -0.2) is 8.42 Å². The molecular formula is C20H33N3O3S. The van der Waals surface area contributed by atoms with Crippen molar-refractivity contribution in [1.82, 2.24) is 9.62 Å². The van der Waals surface area contributed by atoms with E-state index in [1.807, 2.05) is 26.0 Å². The fourth-order valence-corrected chi connectivity index (χ4v) is 4.56. The summed E-state index contributed by atoms with van der Waals surface area (Å²) in [5.41, 5.74) is 6.51. The van der Waals surface area contributed by atoms with Crippen molar-refractivity contribution >= 4 is 15.9 Å². The van der Waals surface area contributed by atoms with Crippen LogP contribution < -0.4 is 11.1 Å². The van der Waals surface area contributed by atoms with Crippen LogP contribution in [-0.2, 0) is 20.2 Å². The van der Waals surface area contributed by atoms with Gasteiger partial charge >= 0.3 is 0 Å². The summed E-state index contributed by atoms with van der Waals surface area (Å²) in [6, 6.07) is 7.11. The van der Waals surface area contributed by atoms with E-state index >= 15 is 0 Å². The number of hydrogen-bond donors (Lipinski definition) is 2. The van der Waals surface area contributed by atoms with Gasteiger partial charge in [0.2, 0.25) is 15.9 Å². The zero-order valence-corrected chi connectivity index (χ0v) is 17.9. The Kier molecular flexibility index (Phi) is 6.39. The minimum absolute atomic E-state index is 0.0217. The molecule has 0 saturated carbocycles. The van der Waals surface area contributed by atoms with E-state index in [0.29, 0.717) is 37.4 Å². The van der Waals surface area contributed by atoms with Crippen LogP contribution in [0.15, 0.2) is 29.2 Å². The van der Waals surface area contributed by atoms with Crippen molar-refractivity contribution in [2.24, 2.45) is 11.7 Å². The third-order valence-corrected chi connectivity index (χ3v) is 6.81. The average Bonchev–Trinajstić information content (AvgIpc) is 2.58. The van der Waals surface area contributed by atoms with Gasteiger partial charge in [0.15, 0.2) is 0 Å². The molecule has 1 saturated heterocycles. The average molecular weight is 396 g/mol. The molecule has 0 bridgehead atoms. The largest absolute Gasteiger partial charge is 0.354 e. The molecule has 1 aromatic carbocycles. The Labute approximate surface area is 163 Å². The first-order valence-electron chi connectivity index (χ1n) is 9.48. The second-order valence-corrected chi connectivity index (χ2v) is 11.1. The standard InChI is InChI=1S/C20H33N3O3S/c1-19(2,3)16-6-8-17(9-7-16)27(25,26)23-12-10-15(11-13-23)18(24)22-14-20(4,5)21/h6-9,15H,10-14,21H2,1-5H3,(H,22,24). The number of sulfonamides is 1. The van der Waals surface area contributed by atoms with E-state index in [9.17, 15) is 13.2 Å². The number of benzene rings is 1. The maximum atomic E-state index is 12.9. The van der Waals surface area contributed by atoms with Gasteiger partial charge in [0.05, 0.1) is 4.90 Å². The molecule has 1 amide bonds. The normalized spacial score (nSPS) is 17.7. The predicted octanol–water partition coefficient (Wildman–Crippen LogP) is 2.24. The molecule has 1 aliphatic rings. The minimum atomic E-state index is -3.53. The summed E-state index contributed by atoms with van der Waals surface area (Å²) >= 11 is 0. The molecule has 6 nitrogen and oxygen atoms in total. The monoisotopic (exact) mass is 395 g/mol. The fourth-order valence-electron chi connectivity index (χ4n) is 3.09. The molecule has 1 aliphatic heterocycles. The molecule has 0 spiro atoms. The highest BCUT2D eigenvalue weighted by molar-refractivity contribution is 7.89. The Morgan fingerprint density at radius 1 is 1.11 bits per heavy atom. The summed E-state index contributed by atoms with van der Waals surface area (Å²) in [6.45, 7) is 11.1. The molecular weight excluding hydrogens is 362 g/mol. The number of hydrogen-bond acceptors (Lipinski definition) is 4. The summed E-state index contributed by atoms with van der Waals surface area (Å²) in [6.07, 6.45) is 1.05. The van der Waals surface area contributed by atoms with Crippen LogP contribution in [0.4, 0.5) is 0 Å². The summed E-state index contributed by atoms with van der Waals surface area (Å²) < 4.78 is 27.3. The van der Waals surface area contributed by atoms with E-state index in [2.05, 4.69) is 26.1 Å². The molecule has 0 radical (unpaired) electrons. The molecule has 0 atom stereocenters. The SMILES string of the molecule is CC(C)(N)CNC(=O)C1CCN(S(=O)(=O)c2ccc(C(C)(C)C)cc2)CC1. The first kappa shape index (κ1) is 21.9. The molecule has 2 rings (SSSR count). The molecule has 3 N–H and O–H groups in total. The number of nitrogens with zero attached hydrogens (tertiary/aromatic N) is 1. The first-order chi connectivity index (χ1) is 12.3. The number of rotatable bonds is 5. The topological polar surface area (TPSA) is 92.5 Å². The maximum Gasteiger partial charge on any atom is 0.243 e. The predicted molar refractivity (Wildman–Crippen MR) is 108 cm³/mol. The van der Waals surface area contributed by atoms with Crippen LogP contribution in [0.1, 0.15) is 53.0 Å². The lowest BCUT2D eigenvalue weighted by Gasteiger charge is -2.31. The number of nitrogens with two attached hydrogens (primary N) is 1. The zero-order chi connectivity index (χ0) is 20.5. The number of carbonyl (C=O) groups excluding carboxylic acids is 1. The van der Waals surface area contributed by atoms with Crippen molar-refractivity contribution in [2.75, 3.05) is 19.6 Å². The van der Waals surface area contributed by atoms with Crippen molar-refractivity contribution in [1.29, 1.82) is 0 Å². The van der Waals surface area contributed by atoms with E-state index in [0.717, 1.165) is 5.56 Å². The Hall–Kier alpha value is -1.44. The van der Waals surface area contributed by atoms with Crippen molar-refractivity contribution in [3.05, 3.63) is 29.8 Å².